The first kappa shape index (κ1) is 23.3. The number of anilines is 1. The zero-order valence-electron chi connectivity index (χ0n) is 16.1. The Balaban J connectivity index is 1.90. The summed E-state index contributed by atoms with van der Waals surface area (Å²) in [4.78, 5) is 4.31. The van der Waals surface area contributed by atoms with Crippen molar-refractivity contribution in [2.24, 2.45) is 0 Å². The van der Waals surface area contributed by atoms with E-state index in [1.165, 1.54) is 35.9 Å². The van der Waals surface area contributed by atoms with Gasteiger partial charge in [0.2, 0.25) is 0 Å². The Morgan fingerprint density at radius 3 is 2.71 bits per heavy atom. The number of halogens is 4. The van der Waals surface area contributed by atoms with Crippen molar-refractivity contribution in [1.29, 1.82) is 0 Å². The van der Waals surface area contributed by atoms with Crippen LogP contribution in [0.15, 0.2) is 50.9 Å². The number of hydrogen-bond acceptors (Lipinski definition) is 6. The molecule has 0 aliphatic heterocycles. The Morgan fingerprint density at radius 2 is 2.06 bits per heavy atom. The monoisotopic (exact) mass is 533 g/mol. The van der Waals surface area contributed by atoms with E-state index in [-0.39, 0.29) is 33.9 Å². The van der Waals surface area contributed by atoms with Crippen LogP contribution in [0.2, 0.25) is 0 Å². The highest BCUT2D eigenvalue weighted by Gasteiger charge is 2.33. The summed E-state index contributed by atoms with van der Waals surface area (Å²) >= 11 is 2.99. The number of hydrogen-bond donors (Lipinski definition) is 1. The van der Waals surface area contributed by atoms with Gasteiger partial charge in [-0.1, -0.05) is 5.92 Å². The summed E-state index contributed by atoms with van der Waals surface area (Å²) < 4.78 is 69.7. The molecule has 12 heteroatoms. The van der Waals surface area contributed by atoms with Gasteiger partial charge in [0.05, 0.1) is 28.7 Å². The highest BCUT2D eigenvalue weighted by atomic mass is 79.9. The number of rotatable bonds is 5. The third-order valence-electron chi connectivity index (χ3n) is 3.94. The van der Waals surface area contributed by atoms with Gasteiger partial charge in [-0.15, -0.1) is 0 Å². The fraction of sp³-hybridized carbons (Fsp3) is 0.211. The molecule has 3 rings (SSSR count). The first-order chi connectivity index (χ1) is 14.5. The van der Waals surface area contributed by atoms with E-state index < -0.39 is 15.3 Å². The minimum absolute atomic E-state index is 0.0205. The predicted octanol–water partition coefficient (Wildman–Crippen LogP) is 4.58. The summed E-state index contributed by atoms with van der Waals surface area (Å²) in [5, 5.41) is 2.78. The average molecular weight is 534 g/mol. The molecule has 0 aliphatic rings. The van der Waals surface area contributed by atoms with Crippen LogP contribution in [0, 0.1) is 11.8 Å². The Morgan fingerprint density at radius 1 is 1.32 bits per heavy atom. The van der Waals surface area contributed by atoms with Crippen LogP contribution in [0.25, 0.3) is 5.65 Å². The Hall–Kier alpha value is -2.36. The molecule has 0 amide bonds. The fourth-order valence-electron chi connectivity index (χ4n) is 2.62. The van der Waals surface area contributed by atoms with Crippen molar-refractivity contribution in [3.05, 3.63) is 46.7 Å². The molecule has 1 aromatic carbocycles. The molecule has 0 aliphatic carbocycles. The lowest BCUT2D eigenvalue weighted by atomic mass is 10.3. The van der Waals surface area contributed by atoms with Gasteiger partial charge in [0.1, 0.15) is 16.5 Å². The van der Waals surface area contributed by atoms with Crippen molar-refractivity contribution in [2.75, 3.05) is 25.2 Å². The van der Waals surface area contributed by atoms with Gasteiger partial charge in [0, 0.05) is 24.2 Å². The minimum Gasteiger partial charge on any atom is -0.495 e. The van der Waals surface area contributed by atoms with Crippen LogP contribution in [-0.2, 0) is 9.84 Å². The van der Waals surface area contributed by atoms with E-state index >= 15 is 0 Å². The van der Waals surface area contributed by atoms with Crippen molar-refractivity contribution in [3.8, 4) is 17.6 Å². The number of nitrogens with zero attached hydrogens (tertiary/aromatic N) is 2. The van der Waals surface area contributed by atoms with Crippen molar-refractivity contribution in [3.63, 3.8) is 0 Å². The summed E-state index contributed by atoms with van der Waals surface area (Å²) in [6, 6.07) is 7.59. The van der Waals surface area contributed by atoms with Crippen LogP contribution in [-0.4, -0.2) is 43.2 Å². The van der Waals surface area contributed by atoms with Gasteiger partial charge >= 0.3 is 5.51 Å². The summed E-state index contributed by atoms with van der Waals surface area (Å²) in [6.45, 7) is 0.0226. The number of thioether (sulfide) groups is 1. The number of nitrogens with one attached hydrogen (secondary N) is 1. The molecule has 0 radical (unpaired) electrons. The third kappa shape index (κ3) is 5.66. The van der Waals surface area contributed by atoms with E-state index in [0.717, 1.165) is 6.26 Å². The first-order valence-electron chi connectivity index (χ1n) is 8.53. The number of alkyl halides is 3. The van der Waals surface area contributed by atoms with Gasteiger partial charge in [0.25, 0.3) is 0 Å². The number of fused-ring (bicyclic) bond motifs is 1. The lowest BCUT2D eigenvalue weighted by molar-refractivity contribution is -0.0329. The maximum atomic E-state index is 13.0. The van der Waals surface area contributed by atoms with Crippen molar-refractivity contribution >= 4 is 48.9 Å². The van der Waals surface area contributed by atoms with Gasteiger partial charge in [-0.05, 0) is 52.2 Å². The molecule has 0 unspecified atom stereocenters. The lowest BCUT2D eigenvalue weighted by Crippen LogP contribution is -2.04. The van der Waals surface area contributed by atoms with Gasteiger partial charge in [-0.25, -0.2) is 13.4 Å². The number of aromatic nitrogens is 2. The van der Waals surface area contributed by atoms with Gasteiger partial charge in [-0.3, -0.25) is 4.40 Å². The van der Waals surface area contributed by atoms with Crippen LogP contribution in [0.3, 0.4) is 0 Å². The molecular formula is C19H15BrF3N3O3S2. The normalized spacial score (nSPS) is 11.8. The number of sulfone groups is 1. The Labute approximate surface area is 189 Å². The summed E-state index contributed by atoms with van der Waals surface area (Å²) in [5.41, 5.74) is -3.82. The molecular weight excluding hydrogens is 519 g/mol. The second-order valence-electron chi connectivity index (χ2n) is 6.15. The third-order valence-corrected chi connectivity index (χ3v) is 6.49. The van der Waals surface area contributed by atoms with Gasteiger partial charge < -0.3 is 10.1 Å². The standard InChI is InChI=1S/C19H15BrF3N3O3S2/c1-29-16-8-7-12(31(2,27)28)11-15(16)24-9-3-6-14-18(30-19(21,22)23)26-10-4-5-13(20)17(26)25-14/h4-5,7-8,10-11,24H,9H2,1-2H3. The van der Waals surface area contributed by atoms with Crippen LogP contribution < -0.4 is 10.1 Å². The van der Waals surface area contributed by atoms with E-state index in [1.807, 2.05) is 0 Å². The fourth-order valence-corrected chi connectivity index (χ4v) is 4.36. The largest absolute Gasteiger partial charge is 0.495 e. The van der Waals surface area contributed by atoms with E-state index in [1.54, 1.807) is 12.1 Å². The van der Waals surface area contributed by atoms with Crippen LogP contribution in [0.5, 0.6) is 5.75 Å². The molecule has 0 atom stereocenters. The highest BCUT2D eigenvalue weighted by Crippen LogP contribution is 2.39. The second kappa shape index (κ2) is 9.02. The molecule has 0 saturated carbocycles. The predicted molar refractivity (Wildman–Crippen MR) is 116 cm³/mol. The molecule has 1 N–H and O–H groups in total. The molecule has 0 spiro atoms. The Kier molecular flexibility index (Phi) is 6.78. The first-order valence-corrected chi connectivity index (χ1v) is 12.0. The number of benzene rings is 1. The zero-order chi connectivity index (χ0) is 22.8. The van der Waals surface area contributed by atoms with E-state index in [2.05, 4.69) is 38.1 Å². The van der Waals surface area contributed by atoms with Gasteiger partial charge in [-0.2, -0.15) is 13.2 Å². The molecule has 6 nitrogen and oxygen atoms in total. The van der Waals surface area contributed by atoms with Crippen molar-refractivity contribution < 1.29 is 26.3 Å². The smallest absolute Gasteiger partial charge is 0.447 e. The minimum atomic E-state index is -4.51. The van der Waals surface area contributed by atoms with Crippen LogP contribution >= 0.6 is 27.7 Å². The van der Waals surface area contributed by atoms with E-state index in [0.29, 0.717) is 21.6 Å². The van der Waals surface area contributed by atoms with Crippen molar-refractivity contribution in [2.45, 2.75) is 15.4 Å². The number of methoxy groups -OCH3 is 1. The summed E-state index contributed by atoms with van der Waals surface area (Å²) in [6.07, 6.45) is 2.56. The number of ether oxygens (including phenoxy) is 1. The summed E-state index contributed by atoms with van der Waals surface area (Å²) in [7, 11) is -1.99. The molecule has 0 saturated heterocycles. The average Bonchev–Trinajstić information content (AvgIpc) is 3.01. The molecule has 0 bridgehead atoms. The SMILES string of the molecule is COc1ccc(S(C)(=O)=O)cc1NCC#Cc1nc2c(Br)cccn2c1SC(F)(F)F. The molecule has 2 aromatic heterocycles. The topological polar surface area (TPSA) is 72.7 Å². The molecule has 2 heterocycles. The summed E-state index contributed by atoms with van der Waals surface area (Å²) in [5.74, 6) is 5.79. The Bertz CT molecular complexity index is 1300. The maximum absolute atomic E-state index is 13.0. The molecule has 0 fully saturated rings. The van der Waals surface area contributed by atoms with Crippen LogP contribution in [0.1, 0.15) is 5.69 Å². The molecule has 31 heavy (non-hydrogen) atoms. The molecule has 3 aromatic rings. The highest BCUT2D eigenvalue weighted by molar-refractivity contribution is 9.10. The number of pyridine rings is 1. The molecule has 164 valence electrons. The maximum Gasteiger partial charge on any atom is 0.447 e. The lowest BCUT2D eigenvalue weighted by Gasteiger charge is -2.10. The van der Waals surface area contributed by atoms with Gasteiger partial charge in [0.15, 0.2) is 15.5 Å². The zero-order valence-corrected chi connectivity index (χ0v) is 19.3. The van der Waals surface area contributed by atoms with E-state index in [4.69, 9.17) is 4.74 Å². The van der Waals surface area contributed by atoms with Crippen LogP contribution in [0.4, 0.5) is 18.9 Å². The quantitative estimate of drug-likeness (QED) is 0.382. The second-order valence-corrected chi connectivity index (χ2v) is 10.1. The van der Waals surface area contributed by atoms with Crippen molar-refractivity contribution in [1.82, 2.24) is 9.38 Å². The van der Waals surface area contributed by atoms with E-state index in [9.17, 15) is 21.6 Å². The number of imidazole rings is 1.